The first-order valence-electron chi connectivity index (χ1n) is 6.56. The second-order valence-electron chi connectivity index (χ2n) is 5.10. The van der Waals surface area contributed by atoms with Crippen molar-refractivity contribution in [2.24, 2.45) is 5.84 Å². The first kappa shape index (κ1) is 13.2. The predicted octanol–water partition coefficient (Wildman–Crippen LogP) is 3.60. The fraction of sp³-hybridized carbons (Fsp3) is 0.357. The minimum Gasteiger partial charge on any atom is -0.323 e. The first-order valence-corrected chi connectivity index (χ1v) is 6.56. The number of nitrogens with one attached hydrogen (secondary N) is 1. The molecule has 0 bridgehead atoms. The summed E-state index contributed by atoms with van der Waals surface area (Å²) in [5, 5.41) is -0.244. The van der Waals surface area contributed by atoms with Gasteiger partial charge in [-0.2, -0.15) is 0 Å². The van der Waals surface area contributed by atoms with E-state index in [9.17, 15) is 13.2 Å². The van der Waals surface area contributed by atoms with Gasteiger partial charge >= 0.3 is 0 Å². The SMILES string of the molecule is NNc1cc(C2CCCC2)nc2c(F)cc(F)c(F)c12. The van der Waals surface area contributed by atoms with Crippen LogP contribution in [-0.2, 0) is 0 Å². The fourth-order valence-electron chi connectivity index (χ4n) is 2.87. The monoisotopic (exact) mass is 281 g/mol. The molecule has 6 heteroatoms. The summed E-state index contributed by atoms with van der Waals surface area (Å²) in [6.45, 7) is 0. The molecule has 0 unspecified atom stereocenters. The van der Waals surface area contributed by atoms with E-state index in [4.69, 9.17) is 5.84 Å². The lowest BCUT2D eigenvalue weighted by Crippen LogP contribution is -2.11. The molecular weight excluding hydrogens is 267 g/mol. The lowest BCUT2D eigenvalue weighted by molar-refractivity contribution is 0.505. The number of nitrogen functional groups attached to an aromatic ring is 1. The number of hydrogen-bond donors (Lipinski definition) is 2. The van der Waals surface area contributed by atoms with Crippen LogP contribution in [0, 0.1) is 17.5 Å². The number of halogens is 3. The van der Waals surface area contributed by atoms with Crippen molar-refractivity contribution in [1.82, 2.24) is 4.98 Å². The molecule has 1 aromatic heterocycles. The summed E-state index contributed by atoms with van der Waals surface area (Å²) in [6, 6.07) is 2.10. The fourth-order valence-corrected chi connectivity index (χ4v) is 2.87. The van der Waals surface area contributed by atoms with E-state index < -0.39 is 17.5 Å². The van der Waals surface area contributed by atoms with E-state index >= 15 is 0 Å². The molecule has 1 fully saturated rings. The maximum Gasteiger partial charge on any atom is 0.170 e. The summed E-state index contributed by atoms with van der Waals surface area (Å²) < 4.78 is 41.0. The third-order valence-corrected chi connectivity index (χ3v) is 3.88. The summed E-state index contributed by atoms with van der Waals surface area (Å²) in [5.41, 5.74) is 2.97. The second-order valence-corrected chi connectivity index (χ2v) is 5.10. The van der Waals surface area contributed by atoms with Gasteiger partial charge in [0.2, 0.25) is 0 Å². The van der Waals surface area contributed by atoms with Crippen molar-refractivity contribution in [1.29, 1.82) is 0 Å². The Morgan fingerprint density at radius 2 is 1.80 bits per heavy atom. The molecule has 3 rings (SSSR count). The molecule has 3 nitrogen and oxygen atoms in total. The Morgan fingerprint density at radius 3 is 2.45 bits per heavy atom. The number of pyridine rings is 1. The molecule has 0 saturated heterocycles. The molecule has 0 spiro atoms. The van der Waals surface area contributed by atoms with E-state index in [-0.39, 0.29) is 22.5 Å². The van der Waals surface area contributed by atoms with Crippen LogP contribution in [0.4, 0.5) is 18.9 Å². The van der Waals surface area contributed by atoms with Gasteiger partial charge in [0.05, 0.1) is 11.1 Å². The summed E-state index contributed by atoms with van der Waals surface area (Å²) in [5.74, 6) is 2.32. The molecule has 0 aliphatic heterocycles. The molecule has 0 radical (unpaired) electrons. The van der Waals surface area contributed by atoms with Crippen molar-refractivity contribution in [3.63, 3.8) is 0 Å². The molecule has 2 aromatic rings. The molecule has 1 aliphatic carbocycles. The quantitative estimate of drug-likeness (QED) is 0.502. The van der Waals surface area contributed by atoms with E-state index in [1.807, 2.05) is 0 Å². The molecule has 1 saturated carbocycles. The number of nitrogens with zero attached hydrogens (tertiary/aromatic N) is 1. The van der Waals surface area contributed by atoms with Crippen molar-refractivity contribution in [3.05, 3.63) is 35.3 Å². The van der Waals surface area contributed by atoms with Gasteiger partial charge in [-0.25, -0.2) is 18.2 Å². The Hall–Kier alpha value is -1.82. The van der Waals surface area contributed by atoms with E-state index in [0.29, 0.717) is 11.8 Å². The van der Waals surface area contributed by atoms with Crippen LogP contribution in [0.3, 0.4) is 0 Å². The molecule has 0 atom stereocenters. The van der Waals surface area contributed by atoms with E-state index in [1.165, 1.54) is 0 Å². The molecular formula is C14H14F3N3. The maximum absolute atomic E-state index is 13.9. The Bertz CT molecular complexity index is 666. The Morgan fingerprint density at radius 1 is 1.10 bits per heavy atom. The highest BCUT2D eigenvalue weighted by atomic mass is 19.2. The zero-order valence-electron chi connectivity index (χ0n) is 10.7. The van der Waals surface area contributed by atoms with Gasteiger partial charge in [0.1, 0.15) is 5.52 Å². The van der Waals surface area contributed by atoms with Crippen LogP contribution in [0.5, 0.6) is 0 Å². The van der Waals surface area contributed by atoms with Gasteiger partial charge in [0.15, 0.2) is 17.5 Å². The van der Waals surface area contributed by atoms with E-state index in [2.05, 4.69) is 10.4 Å². The number of rotatable bonds is 2. The van der Waals surface area contributed by atoms with Gasteiger partial charge in [-0.05, 0) is 18.9 Å². The van der Waals surface area contributed by atoms with Gasteiger partial charge in [0, 0.05) is 17.7 Å². The summed E-state index contributed by atoms with van der Waals surface area (Å²) >= 11 is 0. The van der Waals surface area contributed by atoms with E-state index in [0.717, 1.165) is 25.7 Å². The van der Waals surface area contributed by atoms with Gasteiger partial charge < -0.3 is 5.43 Å². The average Bonchev–Trinajstić information content (AvgIpc) is 2.97. The number of benzene rings is 1. The Labute approximate surface area is 114 Å². The minimum atomic E-state index is -1.25. The summed E-state index contributed by atoms with van der Waals surface area (Å²) in [4.78, 5) is 4.19. The number of hydrazine groups is 1. The van der Waals surface area contributed by atoms with Gasteiger partial charge in [0.25, 0.3) is 0 Å². The molecule has 1 heterocycles. The summed E-state index contributed by atoms with van der Waals surface area (Å²) in [7, 11) is 0. The third kappa shape index (κ3) is 2.00. The van der Waals surface area contributed by atoms with Crippen LogP contribution in [0.2, 0.25) is 0 Å². The van der Waals surface area contributed by atoms with Crippen LogP contribution in [0.15, 0.2) is 12.1 Å². The zero-order chi connectivity index (χ0) is 14.3. The number of fused-ring (bicyclic) bond motifs is 1. The van der Waals surface area contributed by atoms with Crippen molar-refractivity contribution >= 4 is 16.6 Å². The highest BCUT2D eigenvalue weighted by molar-refractivity contribution is 5.92. The predicted molar refractivity (Wildman–Crippen MR) is 70.6 cm³/mol. The molecule has 0 amide bonds. The molecule has 106 valence electrons. The highest BCUT2D eigenvalue weighted by Gasteiger charge is 2.23. The number of aromatic nitrogens is 1. The highest BCUT2D eigenvalue weighted by Crippen LogP contribution is 2.37. The van der Waals surface area contributed by atoms with Crippen LogP contribution in [-0.4, -0.2) is 4.98 Å². The van der Waals surface area contributed by atoms with Crippen LogP contribution < -0.4 is 11.3 Å². The molecule has 1 aliphatic rings. The minimum absolute atomic E-state index is 0.160. The standard InChI is InChI=1S/C14H14F3N3/c15-8-5-9(16)14-12(13(8)17)11(20-18)6-10(19-14)7-3-1-2-4-7/h5-7H,1-4,18H2,(H,19,20). The summed E-state index contributed by atoms with van der Waals surface area (Å²) in [6.07, 6.45) is 4.12. The topological polar surface area (TPSA) is 50.9 Å². The Kier molecular flexibility index (Phi) is 3.25. The van der Waals surface area contributed by atoms with Gasteiger partial charge in [-0.1, -0.05) is 12.8 Å². The van der Waals surface area contributed by atoms with Crippen LogP contribution in [0.25, 0.3) is 10.9 Å². The average molecular weight is 281 g/mol. The smallest absolute Gasteiger partial charge is 0.170 e. The second kappa shape index (κ2) is 4.94. The first-order chi connectivity index (χ1) is 9.61. The number of anilines is 1. The normalized spacial score (nSPS) is 16.0. The van der Waals surface area contributed by atoms with Crippen LogP contribution in [0.1, 0.15) is 37.3 Å². The molecule has 3 N–H and O–H groups in total. The molecule has 20 heavy (non-hydrogen) atoms. The number of nitrogens with two attached hydrogens (primary N) is 1. The van der Waals surface area contributed by atoms with Crippen LogP contribution >= 0.6 is 0 Å². The van der Waals surface area contributed by atoms with Crippen molar-refractivity contribution in [2.45, 2.75) is 31.6 Å². The maximum atomic E-state index is 13.9. The zero-order valence-corrected chi connectivity index (χ0v) is 10.7. The lowest BCUT2D eigenvalue weighted by atomic mass is 10.0. The van der Waals surface area contributed by atoms with Gasteiger partial charge in [-0.15, -0.1) is 0 Å². The number of hydrogen-bond acceptors (Lipinski definition) is 3. The molecule has 1 aromatic carbocycles. The lowest BCUT2D eigenvalue weighted by Gasteiger charge is -2.14. The van der Waals surface area contributed by atoms with Crippen molar-refractivity contribution in [3.8, 4) is 0 Å². The Balaban J connectivity index is 2.28. The van der Waals surface area contributed by atoms with Crippen molar-refractivity contribution in [2.75, 3.05) is 5.43 Å². The largest absolute Gasteiger partial charge is 0.323 e. The third-order valence-electron chi connectivity index (χ3n) is 3.88. The van der Waals surface area contributed by atoms with E-state index in [1.54, 1.807) is 6.07 Å². The van der Waals surface area contributed by atoms with Gasteiger partial charge in [-0.3, -0.25) is 5.84 Å². The van der Waals surface area contributed by atoms with Crippen molar-refractivity contribution < 1.29 is 13.2 Å².